The van der Waals surface area contributed by atoms with Gasteiger partial charge in [-0.05, 0) is 60.3 Å². The van der Waals surface area contributed by atoms with E-state index in [4.69, 9.17) is 14.1 Å². The van der Waals surface area contributed by atoms with E-state index in [0.717, 1.165) is 22.3 Å². The number of aryl methyl sites for hydroxylation is 1. The predicted molar refractivity (Wildman–Crippen MR) is 196 cm³/mol. The Morgan fingerprint density at radius 2 is 1.94 bits per heavy atom. The average molecular weight is 699 g/mol. The van der Waals surface area contributed by atoms with Crippen LogP contribution in [-0.2, 0) is 32.8 Å². The fraction of sp³-hybridized carbons (Fsp3) is 0.537. The Labute approximate surface area is 301 Å². The number of oxazole rings is 1. The van der Waals surface area contributed by atoms with E-state index in [0.29, 0.717) is 29.5 Å². The number of nitrogens with one attached hydrogen (secondary N) is 3. The molecule has 1 aromatic heterocycles. The molecule has 1 saturated heterocycles. The van der Waals surface area contributed by atoms with E-state index >= 15 is 0 Å². The Kier molecular flexibility index (Phi) is 9.76. The summed E-state index contributed by atoms with van der Waals surface area (Å²) < 4.78 is 13.5. The molecule has 2 aromatic rings. The zero-order valence-corrected chi connectivity index (χ0v) is 31.3. The van der Waals surface area contributed by atoms with Crippen molar-refractivity contribution in [3.05, 3.63) is 94.6 Å². The molecule has 51 heavy (non-hydrogen) atoms. The molecule has 2 amide bonds. The van der Waals surface area contributed by atoms with Crippen LogP contribution in [0, 0.1) is 29.6 Å². The molecule has 1 aliphatic carbocycles. The summed E-state index contributed by atoms with van der Waals surface area (Å²) in [6, 6.07) is 4.53. The van der Waals surface area contributed by atoms with Crippen molar-refractivity contribution >= 4 is 17.4 Å². The van der Waals surface area contributed by atoms with Crippen molar-refractivity contribution in [3.8, 4) is 0 Å². The Hall–Kier alpha value is -3.99. The van der Waals surface area contributed by atoms with E-state index < -0.39 is 40.3 Å². The third kappa shape index (κ3) is 6.19. The lowest BCUT2D eigenvalue weighted by Gasteiger charge is -2.49. The number of fused-ring (bicyclic) bond motifs is 8. The number of aromatic nitrogens is 1. The summed E-state index contributed by atoms with van der Waals surface area (Å²) in [6.07, 6.45) is 11.7. The quantitative estimate of drug-likeness (QED) is 0.289. The molecule has 8 atom stereocenters. The molecule has 0 radical (unpaired) electrons. The van der Waals surface area contributed by atoms with E-state index in [9.17, 15) is 19.8 Å². The van der Waals surface area contributed by atoms with Gasteiger partial charge in [-0.1, -0.05) is 91.0 Å². The molecule has 3 aliphatic heterocycles. The molecule has 4 aliphatic rings. The highest BCUT2D eigenvalue weighted by Gasteiger charge is 2.65. The van der Waals surface area contributed by atoms with Crippen LogP contribution in [0.4, 0.5) is 0 Å². The summed E-state index contributed by atoms with van der Waals surface area (Å²) >= 11 is 0. The van der Waals surface area contributed by atoms with Crippen LogP contribution in [0.2, 0.25) is 0 Å². The first kappa shape index (κ1) is 36.8. The minimum Gasteiger partial charge on any atom is -0.463 e. The monoisotopic (exact) mass is 698 g/mol. The Morgan fingerprint density at radius 3 is 2.61 bits per heavy atom. The lowest BCUT2D eigenvalue weighted by molar-refractivity contribution is -0.138. The maximum Gasteiger partial charge on any atom is 0.250 e. The first-order chi connectivity index (χ1) is 24.0. The van der Waals surface area contributed by atoms with Gasteiger partial charge in [0.15, 0.2) is 0 Å². The van der Waals surface area contributed by atoms with Gasteiger partial charge in [0.1, 0.15) is 35.6 Å². The second kappa shape index (κ2) is 13.5. The van der Waals surface area contributed by atoms with E-state index in [2.05, 4.69) is 86.2 Å². The van der Waals surface area contributed by atoms with Crippen molar-refractivity contribution < 1.29 is 29.0 Å². The SMILES string of the molecule is Cc1ccc2cc1C1(C3=C(c4nc(CO)co4)C(C)CC=C(O3)C(C(C)C)NC(=O)C(NC(=O)[C@@H](O)C(C)(C)C)C2)C(C)NC2C=CC=CC21C. The van der Waals surface area contributed by atoms with Gasteiger partial charge >= 0.3 is 0 Å². The number of hydrogen-bond donors (Lipinski definition) is 5. The van der Waals surface area contributed by atoms with Crippen LogP contribution in [0.15, 0.2) is 70.8 Å². The summed E-state index contributed by atoms with van der Waals surface area (Å²) in [7, 11) is 0. The van der Waals surface area contributed by atoms with Gasteiger partial charge < -0.3 is 35.3 Å². The standard InChI is InChI=1S/C41H54N4O6/c1-22(2)33-30-16-14-24(4)32(38-43-27(20-46)21-50-38)35(51-30)41(25(5)42-31-12-10-11-17-40(31,41)9)28-18-26(15-13-23(28)3)19-29(36(48)45-33)44-37(49)34(47)39(6,7)8/h10-13,15-18,21-22,24-25,29,31,33-34,42,46-47H,14,19-20H2,1-9H3,(H,44,49)(H,45,48)/t24?,25?,29?,31?,33?,34-,40?,41?/m1/s1. The summed E-state index contributed by atoms with van der Waals surface area (Å²) in [5, 5.41) is 31.0. The molecule has 10 heteroatoms. The number of nitrogens with zero attached hydrogens (tertiary/aromatic N) is 1. The highest BCUT2D eigenvalue weighted by Crippen LogP contribution is 2.61. The number of aliphatic hydroxyl groups is 2. The van der Waals surface area contributed by atoms with Gasteiger partial charge in [-0.25, -0.2) is 4.98 Å². The van der Waals surface area contributed by atoms with Gasteiger partial charge in [0, 0.05) is 23.9 Å². The minimum absolute atomic E-state index is 0.0408. The number of ether oxygens (including phenoxy) is 1. The van der Waals surface area contributed by atoms with Gasteiger partial charge in [0.2, 0.25) is 17.7 Å². The van der Waals surface area contributed by atoms with Crippen molar-refractivity contribution in [3.63, 3.8) is 0 Å². The Bertz CT molecular complexity index is 1810. The number of amides is 2. The molecule has 1 spiro atoms. The molecule has 1 aromatic carbocycles. The van der Waals surface area contributed by atoms with Gasteiger partial charge in [-0.3, -0.25) is 9.59 Å². The molecule has 5 N–H and O–H groups in total. The first-order valence-electron chi connectivity index (χ1n) is 18.2. The maximum atomic E-state index is 14.3. The second-order valence-electron chi connectivity index (χ2n) is 16.5. The van der Waals surface area contributed by atoms with Crippen LogP contribution in [0.25, 0.3) is 5.57 Å². The second-order valence-corrected chi connectivity index (χ2v) is 16.5. The summed E-state index contributed by atoms with van der Waals surface area (Å²) in [5.74, 6) is 0.551. The molecule has 7 unspecified atom stereocenters. The van der Waals surface area contributed by atoms with E-state index in [-0.39, 0.29) is 42.9 Å². The number of allylic oxidation sites excluding steroid dienone is 4. The van der Waals surface area contributed by atoms with Crippen molar-refractivity contribution in [1.82, 2.24) is 20.9 Å². The fourth-order valence-electron chi connectivity index (χ4n) is 8.56. The number of hydrogen-bond acceptors (Lipinski definition) is 8. The largest absolute Gasteiger partial charge is 0.463 e. The molecule has 4 bridgehead atoms. The third-order valence-electron chi connectivity index (χ3n) is 11.5. The van der Waals surface area contributed by atoms with Crippen LogP contribution >= 0.6 is 0 Å². The van der Waals surface area contributed by atoms with Gasteiger partial charge in [0.05, 0.1) is 23.6 Å². The minimum atomic E-state index is -1.31. The number of rotatable bonds is 5. The van der Waals surface area contributed by atoms with Crippen LogP contribution in [0.3, 0.4) is 0 Å². The number of benzene rings is 1. The summed E-state index contributed by atoms with van der Waals surface area (Å²) in [4.78, 5) is 32.5. The maximum absolute atomic E-state index is 14.3. The third-order valence-corrected chi connectivity index (χ3v) is 11.5. The molecular formula is C41H54N4O6. The van der Waals surface area contributed by atoms with Crippen LogP contribution in [-0.4, -0.2) is 57.3 Å². The van der Waals surface area contributed by atoms with Crippen molar-refractivity contribution in [1.29, 1.82) is 0 Å². The Morgan fingerprint density at radius 1 is 1.20 bits per heavy atom. The van der Waals surface area contributed by atoms with Crippen LogP contribution < -0.4 is 16.0 Å². The van der Waals surface area contributed by atoms with E-state index in [1.807, 2.05) is 19.9 Å². The average Bonchev–Trinajstić information content (AvgIpc) is 3.58. The fourth-order valence-corrected chi connectivity index (χ4v) is 8.56. The summed E-state index contributed by atoms with van der Waals surface area (Å²) in [5.41, 5.74) is 2.09. The molecule has 1 fully saturated rings. The number of aliphatic hydroxyl groups excluding tert-OH is 2. The zero-order chi connectivity index (χ0) is 37.0. The van der Waals surface area contributed by atoms with Gasteiger partial charge in [-0.2, -0.15) is 0 Å². The van der Waals surface area contributed by atoms with Crippen molar-refractivity contribution in [2.24, 2.45) is 22.7 Å². The van der Waals surface area contributed by atoms with Crippen LogP contribution in [0.1, 0.15) is 90.1 Å². The zero-order valence-electron chi connectivity index (χ0n) is 31.3. The lowest BCUT2D eigenvalue weighted by atomic mass is 9.54. The molecule has 4 heterocycles. The van der Waals surface area contributed by atoms with E-state index in [1.165, 1.54) is 6.26 Å². The van der Waals surface area contributed by atoms with E-state index in [1.54, 1.807) is 20.8 Å². The normalized spacial score (nSPS) is 31.3. The van der Waals surface area contributed by atoms with Gasteiger partial charge in [-0.15, -0.1) is 0 Å². The molecule has 10 nitrogen and oxygen atoms in total. The topological polar surface area (TPSA) is 146 Å². The Balaban J connectivity index is 1.67. The first-order valence-corrected chi connectivity index (χ1v) is 18.2. The molecular weight excluding hydrogens is 644 g/mol. The van der Waals surface area contributed by atoms with Gasteiger partial charge in [0.25, 0.3) is 0 Å². The molecule has 0 saturated carbocycles. The van der Waals surface area contributed by atoms with Crippen molar-refractivity contribution in [2.45, 2.75) is 117 Å². The number of carbonyl (C=O) groups excluding carboxylic acids is 2. The molecule has 274 valence electrons. The lowest BCUT2D eigenvalue weighted by Crippen LogP contribution is -2.56. The highest BCUT2D eigenvalue weighted by molar-refractivity contribution is 5.90. The summed E-state index contributed by atoms with van der Waals surface area (Å²) in [6.45, 7) is 17.9. The number of carbonyl (C=O) groups is 2. The molecule has 6 rings (SSSR count). The highest BCUT2D eigenvalue weighted by atomic mass is 16.5. The smallest absolute Gasteiger partial charge is 0.250 e. The van der Waals surface area contributed by atoms with Crippen molar-refractivity contribution in [2.75, 3.05) is 0 Å². The predicted octanol–water partition coefficient (Wildman–Crippen LogP) is 5.15. The van der Waals surface area contributed by atoms with Crippen LogP contribution in [0.5, 0.6) is 0 Å².